The summed E-state index contributed by atoms with van der Waals surface area (Å²) < 4.78 is 27.2. The average Bonchev–Trinajstić information content (AvgIpc) is 2.50. The standard InChI is InChI=1S/C16H18ClNO3S.C3H8/c1-16(2,3)11-4-7-13(8-5-11)22(20,21)18-15-9-6-12(19)10-14(15)17;1-3-2/h4-10,18-19H,1-3H3;3H2,1-2H3. The Morgan fingerprint density at radius 3 is 2.00 bits per heavy atom. The zero-order valence-electron chi connectivity index (χ0n) is 15.3. The van der Waals surface area contributed by atoms with E-state index >= 15 is 0 Å². The third-order valence-corrected chi connectivity index (χ3v) is 4.92. The number of aromatic hydroxyl groups is 1. The Morgan fingerprint density at radius 2 is 1.56 bits per heavy atom. The van der Waals surface area contributed by atoms with Crippen LogP contribution in [0.5, 0.6) is 5.75 Å². The van der Waals surface area contributed by atoms with Crippen molar-refractivity contribution < 1.29 is 13.5 Å². The number of halogens is 1. The molecule has 0 aliphatic heterocycles. The van der Waals surface area contributed by atoms with Crippen molar-refractivity contribution in [1.29, 1.82) is 0 Å². The molecule has 0 radical (unpaired) electrons. The van der Waals surface area contributed by atoms with E-state index in [-0.39, 0.29) is 26.8 Å². The molecule has 0 aliphatic carbocycles. The molecular formula is C19H26ClNO3S. The Labute approximate surface area is 155 Å². The summed E-state index contributed by atoms with van der Waals surface area (Å²) >= 11 is 5.92. The summed E-state index contributed by atoms with van der Waals surface area (Å²) in [6.07, 6.45) is 1.25. The van der Waals surface area contributed by atoms with Gasteiger partial charge >= 0.3 is 0 Å². The Kier molecular flexibility index (Phi) is 7.32. The monoisotopic (exact) mass is 383 g/mol. The maximum atomic E-state index is 12.4. The van der Waals surface area contributed by atoms with E-state index in [0.717, 1.165) is 5.56 Å². The van der Waals surface area contributed by atoms with Crippen LogP contribution in [0, 0.1) is 0 Å². The minimum atomic E-state index is -3.73. The number of sulfonamides is 1. The first-order valence-electron chi connectivity index (χ1n) is 8.13. The van der Waals surface area contributed by atoms with E-state index in [2.05, 4.69) is 39.3 Å². The van der Waals surface area contributed by atoms with Gasteiger partial charge in [0.25, 0.3) is 10.0 Å². The lowest BCUT2D eigenvalue weighted by atomic mass is 9.87. The van der Waals surface area contributed by atoms with Crippen molar-refractivity contribution in [2.45, 2.75) is 51.3 Å². The van der Waals surface area contributed by atoms with Crippen LogP contribution in [-0.4, -0.2) is 13.5 Å². The lowest BCUT2D eigenvalue weighted by Crippen LogP contribution is -2.15. The second-order valence-electron chi connectivity index (χ2n) is 6.75. The lowest BCUT2D eigenvalue weighted by Gasteiger charge is -2.19. The molecule has 0 atom stereocenters. The first kappa shape index (κ1) is 21.3. The van der Waals surface area contributed by atoms with Crippen LogP contribution < -0.4 is 4.72 Å². The van der Waals surface area contributed by atoms with Gasteiger partial charge in [0, 0.05) is 6.07 Å². The number of nitrogens with one attached hydrogen (secondary N) is 1. The zero-order valence-corrected chi connectivity index (χ0v) is 16.9. The quantitative estimate of drug-likeness (QED) is 0.682. The smallest absolute Gasteiger partial charge is 0.261 e. The third kappa shape index (κ3) is 6.25. The lowest BCUT2D eigenvalue weighted by molar-refractivity contribution is 0.475. The van der Waals surface area contributed by atoms with Crippen molar-refractivity contribution in [2.24, 2.45) is 0 Å². The molecule has 25 heavy (non-hydrogen) atoms. The predicted octanol–water partition coefficient (Wildman–Crippen LogP) is 5.56. The fraction of sp³-hybridized carbons (Fsp3) is 0.368. The molecule has 0 aromatic heterocycles. The van der Waals surface area contributed by atoms with Gasteiger partial charge in [-0.3, -0.25) is 4.72 Å². The molecule has 2 rings (SSSR count). The summed E-state index contributed by atoms with van der Waals surface area (Å²) in [5.74, 6) is -0.0255. The Morgan fingerprint density at radius 1 is 1.04 bits per heavy atom. The number of phenolic OH excluding ortho intramolecular Hbond substituents is 1. The molecule has 0 heterocycles. The molecule has 2 aromatic rings. The first-order valence-corrected chi connectivity index (χ1v) is 9.99. The van der Waals surface area contributed by atoms with Crippen molar-refractivity contribution in [3.8, 4) is 5.75 Å². The van der Waals surface area contributed by atoms with Gasteiger partial charge < -0.3 is 5.11 Å². The maximum Gasteiger partial charge on any atom is 0.261 e. The fourth-order valence-electron chi connectivity index (χ4n) is 1.92. The summed E-state index contributed by atoms with van der Waals surface area (Å²) in [5.41, 5.74) is 1.23. The molecule has 0 saturated carbocycles. The van der Waals surface area contributed by atoms with E-state index in [0.29, 0.717) is 0 Å². The third-order valence-electron chi connectivity index (χ3n) is 3.23. The highest BCUT2D eigenvalue weighted by atomic mass is 35.5. The summed E-state index contributed by atoms with van der Waals surface area (Å²) in [6.45, 7) is 10.4. The van der Waals surface area contributed by atoms with Gasteiger partial charge in [0.2, 0.25) is 0 Å². The van der Waals surface area contributed by atoms with Gasteiger partial charge in [-0.2, -0.15) is 0 Å². The van der Waals surface area contributed by atoms with Crippen LogP contribution in [0.15, 0.2) is 47.4 Å². The van der Waals surface area contributed by atoms with Crippen LogP contribution in [0.4, 0.5) is 5.69 Å². The van der Waals surface area contributed by atoms with Gasteiger partial charge in [0.05, 0.1) is 15.6 Å². The molecular weight excluding hydrogens is 358 g/mol. The number of hydrogen-bond acceptors (Lipinski definition) is 3. The minimum Gasteiger partial charge on any atom is -0.508 e. The van der Waals surface area contributed by atoms with Gasteiger partial charge in [-0.25, -0.2) is 8.42 Å². The van der Waals surface area contributed by atoms with Crippen LogP contribution >= 0.6 is 11.6 Å². The predicted molar refractivity (Wildman–Crippen MR) is 105 cm³/mol. The summed E-state index contributed by atoms with van der Waals surface area (Å²) in [4.78, 5) is 0.157. The maximum absolute atomic E-state index is 12.4. The first-order chi connectivity index (χ1) is 11.5. The second kappa shape index (κ2) is 8.59. The normalized spacial score (nSPS) is 11.4. The fourth-order valence-corrected chi connectivity index (χ4v) is 3.28. The molecule has 6 heteroatoms. The largest absolute Gasteiger partial charge is 0.508 e. The molecule has 0 amide bonds. The van der Waals surface area contributed by atoms with E-state index in [1.54, 1.807) is 24.3 Å². The van der Waals surface area contributed by atoms with Crippen molar-refractivity contribution in [1.82, 2.24) is 0 Å². The molecule has 0 bridgehead atoms. The van der Waals surface area contributed by atoms with Gasteiger partial charge in [-0.05, 0) is 35.2 Å². The molecule has 0 saturated heterocycles. The summed E-state index contributed by atoms with van der Waals surface area (Å²) in [5, 5.41) is 9.43. The Balaban J connectivity index is 0.000000970. The van der Waals surface area contributed by atoms with Crippen LogP contribution in [0.1, 0.15) is 46.6 Å². The minimum absolute atomic E-state index is 0.0255. The zero-order chi connectivity index (χ0) is 19.3. The van der Waals surface area contributed by atoms with Gasteiger partial charge in [0.1, 0.15) is 5.75 Å². The summed E-state index contributed by atoms with van der Waals surface area (Å²) in [7, 11) is -3.73. The average molecular weight is 384 g/mol. The molecule has 0 unspecified atom stereocenters. The highest BCUT2D eigenvalue weighted by Crippen LogP contribution is 2.29. The van der Waals surface area contributed by atoms with E-state index in [1.807, 2.05) is 0 Å². The second-order valence-corrected chi connectivity index (χ2v) is 8.84. The molecule has 138 valence electrons. The SMILES string of the molecule is CC(C)(C)c1ccc(S(=O)(=O)Nc2ccc(O)cc2Cl)cc1.CCC. The number of hydrogen-bond donors (Lipinski definition) is 2. The Hall–Kier alpha value is -1.72. The van der Waals surface area contributed by atoms with E-state index in [9.17, 15) is 13.5 Å². The van der Waals surface area contributed by atoms with Crippen LogP contribution in [0.3, 0.4) is 0 Å². The van der Waals surface area contributed by atoms with Crippen molar-refractivity contribution in [2.75, 3.05) is 4.72 Å². The Bertz CT molecular complexity index is 794. The van der Waals surface area contributed by atoms with Gasteiger partial charge in [0.15, 0.2) is 0 Å². The topological polar surface area (TPSA) is 66.4 Å². The molecule has 0 aliphatic rings. The summed E-state index contributed by atoms with van der Waals surface area (Å²) in [6, 6.07) is 10.8. The van der Waals surface area contributed by atoms with E-state index in [1.165, 1.54) is 24.6 Å². The molecule has 0 fully saturated rings. The van der Waals surface area contributed by atoms with E-state index in [4.69, 9.17) is 11.6 Å². The molecule has 4 nitrogen and oxygen atoms in total. The van der Waals surface area contributed by atoms with Crippen LogP contribution in [-0.2, 0) is 15.4 Å². The highest BCUT2D eigenvalue weighted by molar-refractivity contribution is 7.92. The van der Waals surface area contributed by atoms with Crippen molar-refractivity contribution >= 4 is 27.3 Å². The number of phenols is 1. The molecule has 2 N–H and O–H groups in total. The van der Waals surface area contributed by atoms with Crippen LogP contribution in [0.25, 0.3) is 0 Å². The van der Waals surface area contributed by atoms with Crippen molar-refractivity contribution in [3.63, 3.8) is 0 Å². The van der Waals surface area contributed by atoms with E-state index < -0.39 is 10.0 Å². The van der Waals surface area contributed by atoms with Crippen LogP contribution in [0.2, 0.25) is 5.02 Å². The van der Waals surface area contributed by atoms with Crippen molar-refractivity contribution in [3.05, 3.63) is 53.1 Å². The number of anilines is 1. The number of rotatable bonds is 3. The van der Waals surface area contributed by atoms with Gasteiger partial charge in [-0.15, -0.1) is 0 Å². The molecule has 0 spiro atoms. The molecule has 2 aromatic carbocycles. The highest BCUT2D eigenvalue weighted by Gasteiger charge is 2.18. The van der Waals surface area contributed by atoms with Gasteiger partial charge in [-0.1, -0.05) is 64.8 Å². The number of benzene rings is 2.